The van der Waals surface area contributed by atoms with Crippen LogP contribution in [-0.4, -0.2) is 30.6 Å². The maximum Gasteiger partial charge on any atom is 0.321 e. The summed E-state index contributed by atoms with van der Waals surface area (Å²) in [7, 11) is 0. The van der Waals surface area contributed by atoms with Gasteiger partial charge in [-0.05, 0) is 32.9 Å². The van der Waals surface area contributed by atoms with Gasteiger partial charge in [0.15, 0.2) is 11.6 Å². The number of anilines is 1. The molecule has 0 aliphatic heterocycles. The highest BCUT2D eigenvalue weighted by molar-refractivity contribution is 5.89. The lowest BCUT2D eigenvalue weighted by Gasteiger charge is -2.19. The summed E-state index contributed by atoms with van der Waals surface area (Å²) < 4.78 is 18.7. The SMILES string of the molecule is CCOc1ccc(NC(=O)N(CC)CC)cc1F. The first-order valence-corrected chi connectivity index (χ1v) is 6.10. The average molecular weight is 254 g/mol. The maximum absolute atomic E-state index is 13.6. The van der Waals surface area contributed by atoms with Crippen molar-refractivity contribution in [3.05, 3.63) is 24.0 Å². The number of hydrogen-bond acceptors (Lipinski definition) is 2. The first kappa shape index (κ1) is 14.3. The van der Waals surface area contributed by atoms with Crippen LogP contribution < -0.4 is 10.1 Å². The number of carbonyl (C=O) groups is 1. The van der Waals surface area contributed by atoms with Crippen molar-refractivity contribution in [3.63, 3.8) is 0 Å². The predicted molar refractivity (Wildman–Crippen MR) is 69.5 cm³/mol. The minimum absolute atomic E-state index is 0.193. The Kier molecular flexibility index (Phi) is 5.42. The standard InChI is InChI=1S/C13H19FN2O2/c1-4-16(5-2)13(17)15-10-7-8-12(18-6-3)11(14)9-10/h7-9H,4-6H2,1-3H3,(H,15,17). The summed E-state index contributed by atoms with van der Waals surface area (Å²) in [6, 6.07) is 4.15. The molecule has 0 fully saturated rings. The second kappa shape index (κ2) is 6.83. The lowest BCUT2D eigenvalue weighted by molar-refractivity contribution is 0.217. The number of amides is 2. The number of halogens is 1. The Hall–Kier alpha value is -1.78. The maximum atomic E-state index is 13.6. The minimum atomic E-state index is -0.478. The molecule has 0 saturated carbocycles. The number of urea groups is 1. The van der Waals surface area contributed by atoms with Crippen molar-refractivity contribution in [3.8, 4) is 5.75 Å². The molecule has 1 N–H and O–H groups in total. The monoisotopic (exact) mass is 254 g/mol. The topological polar surface area (TPSA) is 41.6 Å². The van der Waals surface area contributed by atoms with Crippen LogP contribution in [0.2, 0.25) is 0 Å². The molecule has 4 nitrogen and oxygen atoms in total. The van der Waals surface area contributed by atoms with E-state index in [1.165, 1.54) is 12.1 Å². The van der Waals surface area contributed by atoms with Crippen LogP contribution in [0.4, 0.5) is 14.9 Å². The van der Waals surface area contributed by atoms with Gasteiger partial charge < -0.3 is 15.0 Å². The van der Waals surface area contributed by atoms with Gasteiger partial charge in [0.25, 0.3) is 0 Å². The fourth-order valence-electron chi connectivity index (χ4n) is 1.56. The molecule has 0 saturated heterocycles. The first-order chi connectivity index (χ1) is 8.62. The van der Waals surface area contributed by atoms with Crippen LogP contribution in [0.25, 0.3) is 0 Å². The predicted octanol–water partition coefficient (Wildman–Crippen LogP) is 3.10. The van der Waals surface area contributed by atoms with Gasteiger partial charge in [-0.25, -0.2) is 9.18 Å². The number of carbonyl (C=O) groups excluding carboxylic acids is 1. The Morgan fingerprint density at radius 2 is 2.00 bits per heavy atom. The number of benzene rings is 1. The summed E-state index contributed by atoms with van der Waals surface area (Å²) in [4.78, 5) is 13.4. The summed E-state index contributed by atoms with van der Waals surface area (Å²) in [6.07, 6.45) is 0. The van der Waals surface area contributed by atoms with Gasteiger partial charge in [0.05, 0.1) is 6.61 Å². The molecule has 0 radical (unpaired) electrons. The van der Waals surface area contributed by atoms with Gasteiger partial charge in [0, 0.05) is 24.8 Å². The quantitative estimate of drug-likeness (QED) is 0.877. The summed E-state index contributed by atoms with van der Waals surface area (Å²) in [5.41, 5.74) is 0.424. The minimum Gasteiger partial charge on any atom is -0.491 e. The zero-order chi connectivity index (χ0) is 13.5. The van der Waals surface area contributed by atoms with Crippen molar-refractivity contribution >= 4 is 11.7 Å². The average Bonchev–Trinajstić information content (AvgIpc) is 2.34. The van der Waals surface area contributed by atoms with Crippen molar-refractivity contribution in [1.29, 1.82) is 0 Å². The summed E-state index contributed by atoms with van der Waals surface area (Å²) in [5, 5.41) is 2.65. The third-order valence-corrected chi connectivity index (χ3v) is 2.53. The van der Waals surface area contributed by atoms with E-state index in [1.54, 1.807) is 17.9 Å². The molecule has 2 amide bonds. The van der Waals surface area contributed by atoms with Gasteiger partial charge in [0.2, 0.25) is 0 Å². The van der Waals surface area contributed by atoms with Crippen LogP contribution in [0.1, 0.15) is 20.8 Å². The van der Waals surface area contributed by atoms with Crippen LogP contribution in [0, 0.1) is 5.82 Å². The van der Waals surface area contributed by atoms with E-state index in [1.807, 2.05) is 13.8 Å². The molecule has 1 rings (SSSR count). The summed E-state index contributed by atoms with van der Waals surface area (Å²) in [5.74, 6) is -0.285. The molecule has 100 valence electrons. The van der Waals surface area contributed by atoms with E-state index in [9.17, 15) is 9.18 Å². The van der Waals surface area contributed by atoms with Crippen LogP contribution in [0.15, 0.2) is 18.2 Å². The van der Waals surface area contributed by atoms with Crippen molar-refractivity contribution in [2.24, 2.45) is 0 Å². The first-order valence-electron chi connectivity index (χ1n) is 6.10. The van der Waals surface area contributed by atoms with E-state index >= 15 is 0 Å². The number of ether oxygens (including phenoxy) is 1. The van der Waals surface area contributed by atoms with Gasteiger partial charge in [-0.15, -0.1) is 0 Å². The Morgan fingerprint density at radius 3 is 2.50 bits per heavy atom. The fourth-order valence-corrected chi connectivity index (χ4v) is 1.56. The Bertz CT molecular complexity index is 406. The van der Waals surface area contributed by atoms with E-state index < -0.39 is 5.82 Å². The Morgan fingerprint density at radius 1 is 1.33 bits per heavy atom. The molecule has 1 aromatic carbocycles. The van der Waals surface area contributed by atoms with Gasteiger partial charge in [-0.1, -0.05) is 0 Å². The largest absolute Gasteiger partial charge is 0.491 e. The third kappa shape index (κ3) is 3.61. The van der Waals surface area contributed by atoms with Crippen molar-refractivity contribution in [1.82, 2.24) is 4.90 Å². The smallest absolute Gasteiger partial charge is 0.321 e. The van der Waals surface area contributed by atoms with Gasteiger partial charge in [0.1, 0.15) is 0 Å². The van der Waals surface area contributed by atoms with Crippen molar-refractivity contribution in [2.75, 3.05) is 25.0 Å². The molecule has 0 unspecified atom stereocenters. The molecule has 1 aromatic rings. The zero-order valence-electron chi connectivity index (χ0n) is 11.0. The number of nitrogens with zero attached hydrogens (tertiary/aromatic N) is 1. The van der Waals surface area contributed by atoms with Gasteiger partial charge >= 0.3 is 6.03 Å². The second-order valence-electron chi connectivity index (χ2n) is 3.68. The normalized spacial score (nSPS) is 10.0. The summed E-state index contributed by atoms with van der Waals surface area (Å²) in [6.45, 7) is 7.20. The van der Waals surface area contributed by atoms with Gasteiger partial charge in [-0.3, -0.25) is 0 Å². The highest BCUT2D eigenvalue weighted by Crippen LogP contribution is 2.21. The number of nitrogens with one attached hydrogen (secondary N) is 1. The van der Waals surface area contributed by atoms with E-state index in [-0.39, 0.29) is 11.8 Å². The molecular weight excluding hydrogens is 235 g/mol. The zero-order valence-corrected chi connectivity index (χ0v) is 11.0. The van der Waals surface area contributed by atoms with Crippen molar-refractivity contribution < 1.29 is 13.9 Å². The van der Waals surface area contributed by atoms with E-state index in [0.29, 0.717) is 25.4 Å². The molecule has 18 heavy (non-hydrogen) atoms. The van der Waals surface area contributed by atoms with Crippen LogP contribution >= 0.6 is 0 Å². The molecule has 0 heterocycles. The highest BCUT2D eigenvalue weighted by Gasteiger charge is 2.11. The van der Waals surface area contributed by atoms with E-state index in [2.05, 4.69) is 5.32 Å². The van der Waals surface area contributed by atoms with E-state index in [0.717, 1.165) is 0 Å². The highest BCUT2D eigenvalue weighted by atomic mass is 19.1. The molecule has 0 bridgehead atoms. The van der Waals surface area contributed by atoms with Gasteiger partial charge in [-0.2, -0.15) is 0 Å². The molecule has 0 atom stereocenters. The summed E-state index contributed by atoms with van der Waals surface area (Å²) >= 11 is 0. The van der Waals surface area contributed by atoms with Crippen LogP contribution in [0.3, 0.4) is 0 Å². The fraction of sp³-hybridized carbons (Fsp3) is 0.462. The molecule has 0 spiro atoms. The molecule has 0 aliphatic rings. The molecule has 0 aliphatic carbocycles. The molecule has 0 aromatic heterocycles. The molecule has 5 heteroatoms. The van der Waals surface area contributed by atoms with Crippen LogP contribution in [0.5, 0.6) is 5.75 Å². The Labute approximate surface area is 107 Å². The Balaban J connectivity index is 2.74. The lowest BCUT2D eigenvalue weighted by Crippen LogP contribution is -2.34. The molecular formula is C13H19FN2O2. The third-order valence-electron chi connectivity index (χ3n) is 2.53. The van der Waals surface area contributed by atoms with Crippen LogP contribution in [-0.2, 0) is 0 Å². The number of rotatable bonds is 5. The lowest BCUT2D eigenvalue weighted by atomic mass is 10.3. The second-order valence-corrected chi connectivity index (χ2v) is 3.68. The van der Waals surface area contributed by atoms with E-state index in [4.69, 9.17) is 4.74 Å². The van der Waals surface area contributed by atoms with Crippen molar-refractivity contribution in [2.45, 2.75) is 20.8 Å². The number of hydrogen-bond donors (Lipinski definition) is 1.